The molecule has 98 valence electrons. The molecule has 0 unspecified atom stereocenters. The quantitative estimate of drug-likeness (QED) is 0.831. The summed E-state index contributed by atoms with van der Waals surface area (Å²) < 4.78 is 0. The summed E-state index contributed by atoms with van der Waals surface area (Å²) in [5.74, 6) is 2.70. The van der Waals surface area contributed by atoms with Gasteiger partial charge in [-0.3, -0.25) is 4.79 Å². The van der Waals surface area contributed by atoms with E-state index in [-0.39, 0.29) is 5.78 Å². The number of anilines is 2. The van der Waals surface area contributed by atoms with Crippen LogP contribution in [0.4, 0.5) is 11.6 Å². The van der Waals surface area contributed by atoms with Gasteiger partial charge >= 0.3 is 0 Å². The van der Waals surface area contributed by atoms with Gasteiger partial charge in [0.25, 0.3) is 0 Å². The van der Waals surface area contributed by atoms with Crippen LogP contribution in [0.5, 0.6) is 0 Å². The van der Waals surface area contributed by atoms with E-state index in [9.17, 15) is 4.79 Å². The predicted molar refractivity (Wildman–Crippen MR) is 72.0 cm³/mol. The van der Waals surface area contributed by atoms with Crippen molar-refractivity contribution >= 4 is 17.4 Å². The lowest BCUT2D eigenvalue weighted by atomic mass is 10.3. The molecule has 5 heteroatoms. The van der Waals surface area contributed by atoms with Crippen LogP contribution < -0.4 is 10.2 Å². The van der Waals surface area contributed by atoms with Gasteiger partial charge in [-0.1, -0.05) is 0 Å². The van der Waals surface area contributed by atoms with Crippen molar-refractivity contribution in [2.24, 2.45) is 0 Å². The van der Waals surface area contributed by atoms with E-state index in [2.05, 4.69) is 15.3 Å². The van der Waals surface area contributed by atoms with Gasteiger partial charge in [0.1, 0.15) is 23.2 Å². The van der Waals surface area contributed by atoms with Crippen molar-refractivity contribution in [1.82, 2.24) is 9.97 Å². The lowest BCUT2D eigenvalue weighted by Gasteiger charge is -2.18. The largest absolute Gasteiger partial charge is 0.367 e. The second-order valence-electron chi connectivity index (χ2n) is 4.95. The highest BCUT2D eigenvalue weighted by Crippen LogP contribution is 2.25. The van der Waals surface area contributed by atoms with Crippen molar-refractivity contribution in [2.75, 3.05) is 23.8 Å². The Morgan fingerprint density at radius 1 is 1.50 bits per heavy atom. The van der Waals surface area contributed by atoms with Crippen molar-refractivity contribution < 1.29 is 4.79 Å². The fraction of sp³-hybridized carbons (Fsp3) is 0.615. The number of hydrogen-bond acceptors (Lipinski definition) is 5. The lowest BCUT2D eigenvalue weighted by Crippen LogP contribution is -2.22. The average molecular weight is 248 g/mol. The Morgan fingerprint density at radius 3 is 2.83 bits per heavy atom. The van der Waals surface area contributed by atoms with Crippen LogP contribution in [0.15, 0.2) is 6.07 Å². The Balaban J connectivity index is 2.05. The van der Waals surface area contributed by atoms with Gasteiger partial charge < -0.3 is 10.2 Å². The van der Waals surface area contributed by atoms with E-state index in [1.807, 2.05) is 24.9 Å². The van der Waals surface area contributed by atoms with Crippen LogP contribution >= 0.6 is 0 Å². The second-order valence-corrected chi connectivity index (χ2v) is 4.95. The van der Waals surface area contributed by atoms with Gasteiger partial charge in [0.05, 0.1) is 0 Å². The summed E-state index contributed by atoms with van der Waals surface area (Å²) in [5, 5.41) is 3.37. The van der Waals surface area contributed by atoms with Crippen molar-refractivity contribution in [3.63, 3.8) is 0 Å². The molecule has 2 rings (SSSR count). The Morgan fingerprint density at radius 2 is 2.22 bits per heavy atom. The maximum absolute atomic E-state index is 11.0. The lowest BCUT2D eigenvalue weighted by molar-refractivity contribution is -0.116. The summed E-state index contributed by atoms with van der Waals surface area (Å²) in [7, 11) is 1.95. The summed E-state index contributed by atoms with van der Waals surface area (Å²) in [6.07, 6.45) is 2.99. The highest BCUT2D eigenvalue weighted by atomic mass is 16.1. The molecule has 1 fully saturated rings. The molecule has 0 atom stereocenters. The third-order valence-corrected chi connectivity index (χ3v) is 2.94. The van der Waals surface area contributed by atoms with Gasteiger partial charge in [-0.05, 0) is 26.7 Å². The van der Waals surface area contributed by atoms with E-state index in [1.54, 1.807) is 6.92 Å². The topological polar surface area (TPSA) is 58.1 Å². The van der Waals surface area contributed by atoms with Crippen LogP contribution in [0.25, 0.3) is 0 Å². The van der Waals surface area contributed by atoms with Crippen molar-refractivity contribution in [2.45, 2.75) is 39.2 Å². The third-order valence-electron chi connectivity index (χ3n) is 2.94. The Bertz CT molecular complexity index is 443. The molecule has 18 heavy (non-hydrogen) atoms. The zero-order valence-electron chi connectivity index (χ0n) is 11.2. The Labute approximate surface area is 108 Å². The number of rotatable bonds is 6. The molecule has 0 bridgehead atoms. The summed E-state index contributed by atoms with van der Waals surface area (Å²) in [5.41, 5.74) is 0. The number of ketones is 1. The monoisotopic (exact) mass is 248 g/mol. The van der Waals surface area contributed by atoms with E-state index in [0.717, 1.165) is 17.5 Å². The van der Waals surface area contributed by atoms with Crippen LogP contribution in [-0.2, 0) is 4.79 Å². The minimum absolute atomic E-state index is 0.198. The highest BCUT2D eigenvalue weighted by molar-refractivity contribution is 5.76. The zero-order chi connectivity index (χ0) is 13.1. The molecule has 1 heterocycles. The molecule has 1 aromatic rings. The number of aryl methyl sites for hydroxylation is 1. The van der Waals surface area contributed by atoms with Crippen LogP contribution in [0, 0.1) is 6.92 Å². The van der Waals surface area contributed by atoms with Crippen molar-refractivity contribution in [3.8, 4) is 0 Å². The van der Waals surface area contributed by atoms with Crippen molar-refractivity contribution in [3.05, 3.63) is 11.9 Å². The first kappa shape index (κ1) is 12.8. The van der Waals surface area contributed by atoms with Crippen LogP contribution in [0.1, 0.15) is 32.0 Å². The highest BCUT2D eigenvalue weighted by Gasteiger charge is 2.21. The van der Waals surface area contributed by atoms with Gasteiger partial charge in [0, 0.05) is 32.1 Å². The van der Waals surface area contributed by atoms with E-state index in [0.29, 0.717) is 19.0 Å². The number of hydrogen-bond donors (Lipinski definition) is 1. The molecule has 1 aliphatic carbocycles. The molecule has 1 aliphatic rings. The molecule has 0 radical (unpaired) electrons. The second kappa shape index (κ2) is 5.33. The molecule has 5 nitrogen and oxygen atoms in total. The van der Waals surface area contributed by atoms with Gasteiger partial charge in [0.2, 0.25) is 0 Å². The number of Topliss-reactive ketones (excluding diaryl/α,β-unsaturated/α-hetero) is 1. The molecule has 0 saturated heterocycles. The molecule has 0 aromatic carbocycles. The molecular formula is C13H20N4O. The first-order valence-electron chi connectivity index (χ1n) is 6.37. The van der Waals surface area contributed by atoms with Crippen LogP contribution in [-0.4, -0.2) is 35.4 Å². The summed E-state index contributed by atoms with van der Waals surface area (Å²) in [4.78, 5) is 21.8. The fourth-order valence-corrected chi connectivity index (χ4v) is 1.70. The van der Waals surface area contributed by atoms with E-state index in [4.69, 9.17) is 0 Å². The first-order valence-corrected chi connectivity index (χ1v) is 6.37. The van der Waals surface area contributed by atoms with E-state index < -0.39 is 0 Å². The van der Waals surface area contributed by atoms with Crippen LogP contribution in [0.3, 0.4) is 0 Å². The number of nitrogens with one attached hydrogen (secondary N) is 1. The average Bonchev–Trinajstić information content (AvgIpc) is 3.08. The Hall–Kier alpha value is -1.65. The number of carbonyl (C=O) groups excluding carboxylic acids is 1. The van der Waals surface area contributed by atoms with Gasteiger partial charge in [-0.2, -0.15) is 0 Å². The molecule has 1 N–H and O–H groups in total. The number of aromatic nitrogens is 2. The zero-order valence-corrected chi connectivity index (χ0v) is 11.2. The van der Waals surface area contributed by atoms with Gasteiger partial charge in [-0.15, -0.1) is 0 Å². The van der Waals surface area contributed by atoms with E-state index >= 15 is 0 Å². The Kier molecular flexibility index (Phi) is 3.79. The SMILES string of the molecule is CC(=O)CCN(C)c1cc(NC2CC2)nc(C)n1. The predicted octanol–water partition coefficient (Wildman–Crippen LogP) is 1.77. The summed E-state index contributed by atoms with van der Waals surface area (Å²) >= 11 is 0. The maximum Gasteiger partial charge on any atom is 0.134 e. The fourth-order valence-electron chi connectivity index (χ4n) is 1.70. The maximum atomic E-state index is 11.0. The van der Waals surface area contributed by atoms with Crippen LogP contribution in [0.2, 0.25) is 0 Å². The van der Waals surface area contributed by atoms with Gasteiger partial charge in [-0.25, -0.2) is 9.97 Å². The minimum Gasteiger partial charge on any atom is -0.367 e. The number of nitrogens with zero attached hydrogens (tertiary/aromatic N) is 3. The molecule has 1 aromatic heterocycles. The molecule has 1 saturated carbocycles. The standard InChI is InChI=1S/C13H20N4O/c1-9(18)6-7-17(3)13-8-12(14-10(2)15-13)16-11-4-5-11/h8,11H,4-7H2,1-3H3,(H,14,15,16). The summed E-state index contributed by atoms with van der Waals surface area (Å²) in [6, 6.07) is 2.53. The molecule has 0 amide bonds. The first-order chi connectivity index (χ1) is 8.54. The van der Waals surface area contributed by atoms with Gasteiger partial charge in [0.15, 0.2) is 0 Å². The summed E-state index contributed by atoms with van der Waals surface area (Å²) in [6.45, 7) is 4.19. The third kappa shape index (κ3) is 3.68. The molecule has 0 aliphatic heterocycles. The minimum atomic E-state index is 0.198. The molecule has 0 spiro atoms. The smallest absolute Gasteiger partial charge is 0.134 e. The molecular weight excluding hydrogens is 228 g/mol. The van der Waals surface area contributed by atoms with E-state index in [1.165, 1.54) is 12.8 Å². The van der Waals surface area contributed by atoms with Crippen molar-refractivity contribution in [1.29, 1.82) is 0 Å². The number of carbonyl (C=O) groups is 1. The normalized spacial score (nSPS) is 14.4.